The molecule has 5 nitrogen and oxygen atoms in total. The third-order valence-electron chi connectivity index (χ3n) is 4.13. The summed E-state index contributed by atoms with van der Waals surface area (Å²) in [6, 6.07) is 21.6. The smallest absolute Gasteiger partial charge is 0.189 e. The highest BCUT2D eigenvalue weighted by atomic mass is 16.7. The van der Waals surface area contributed by atoms with E-state index in [4.69, 9.17) is 14.2 Å². The zero-order valence-corrected chi connectivity index (χ0v) is 16.1. The summed E-state index contributed by atoms with van der Waals surface area (Å²) in [7, 11) is 1.55. The molecule has 0 saturated heterocycles. The Balaban J connectivity index is 1.78. The summed E-state index contributed by atoms with van der Waals surface area (Å²) in [6.45, 7) is 0.483. The van der Waals surface area contributed by atoms with Crippen LogP contribution < -0.4 is 9.47 Å². The maximum absolute atomic E-state index is 12.3. The molecule has 0 heterocycles. The number of hydrogen-bond donors (Lipinski definition) is 1. The lowest BCUT2D eigenvalue weighted by atomic mass is 10.1. The van der Waals surface area contributed by atoms with Crippen LogP contribution >= 0.6 is 0 Å². The van der Waals surface area contributed by atoms with Gasteiger partial charge in [-0.1, -0.05) is 54.6 Å². The quantitative estimate of drug-likeness (QED) is 0.321. The maximum Gasteiger partial charge on any atom is 0.189 e. The van der Waals surface area contributed by atoms with Gasteiger partial charge >= 0.3 is 0 Å². The van der Waals surface area contributed by atoms with Gasteiger partial charge in [-0.3, -0.25) is 4.79 Å². The molecule has 3 aromatic carbocycles. The molecule has 0 bridgehead atoms. The average molecular weight is 390 g/mol. The molecule has 0 aliphatic rings. The van der Waals surface area contributed by atoms with Gasteiger partial charge < -0.3 is 19.3 Å². The van der Waals surface area contributed by atoms with Gasteiger partial charge in [0.25, 0.3) is 0 Å². The van der Waals surface area contributed by atoms with Crippen molar-refractivity contribution in [1.82, 2.24) is 0 Å². The Hall–Kier alpha value is -3.57. The zero-order valence-electron chi connectivity index (χ0n) is 16.1. The second kappa shape index (κ2) is 10.1. The molecular formula is C24H22O5. The van der Waals surface area contributed by atoms with Crippen LogP contribution in [-0.4, -0.2) is 24.8 Å². The lowest BCUT2D eigenvalue weighted by molar-refractivity contribution is 0.0484. The van der Waals surface area contributed by atoms with Gasteiger partial charge in [0, 0.05) is 7.11 Å². The van der Waals surface area contributed by atoms with Gasteiger partial charge in [0.15, 0.2) is 24.1 Å². The van der Waals surface area contributed by atoms with Crippen molar-refractivity contribution < 1.29 is 24.1 Å². The van der Waals surface area contributed by atoms with Crippen LogP contribution in [0.4, 0.5) is 0 Å². The van der Waals surface area contributed by atoms with Crippen LogP contribution in [0.25, 0.3) is 6.08 Å². The molecule has 0 fully saturated rings. The topological polar surface area (TPSA) is 65.0 Å². The van der Waals surface area contributed by atoms with Gasteiger partial charge in [0.05, 0.1) is 5.56 Å². The van der Waals surface area contributed by atoms with Gasteiger partial charge in [-0.2, -0.15) is 0 Å². The number of rotatable bonds is 9. The Morgan fingerprint density at radius 3 is 2.45 bits per heavy atom. The van der Waals surface area contributed by atoms with E-state index in [1.165, 1.54) is 12.1 Å². The number of hydrogen-bond acceptors (Lipinski definition) is 5. The number of methoxy groups -OCH3 is 1. The molecule has 3 aromatic rings. The van der Waals surface area contributed by atoms with Gasteiger partial charge in [-0.05, 0) is 41.5 Å². The van der Waals surface area contributed by atoms with Crippen molar-refractivity contribution in [3.05, 3.63) is 95.6 Å². The van der Waals surface area contributed by atoms with E-state index < -0.39 is 0 Å². The summed E-state index contributed by atoms with van der Waals surface area (Å²) in [5.41, 5.74) is 2.05. The third kappa shape index (κ3) is 5.70. The van der Waals surface area contributed by atoms with Crippen LogP contribution in [0.1, 0.15) is 21.5 Å². The minimum absolute atomic E-state index is 0.0441. The highest BCUT2D eigenvalue weighted by Crippen LogP contribution is 2.30. The molecule has 1 N–H and O–H groups in total. The largest absolute Gasteiger partial charge is 0.507 e. The summed E-state index contributed by atoms with van der Waals surface area (Å²) >= 11 is 0. The van der Waals surface area contributed by atoms with Crippen molar-refractivity contribution in [3.63, 3.8) is 0 Å². The van der Waals surface area contributed by atoms with E-state index in [2.05, 4.69) is 0 Å². The normalized spacial score (nSPS) is 10.8. The number of benzene rings is 3. The van der Waals surface area contributed by atoms with Crippen molar-refractivity contribution in [2.45, 2.75) is 6.61 Å². The van der Waals surface area contributed by atoms with E-state index in [1.54, 1.807) is 43.5 Å². The minimum Gasteiger partial charge on any atom is -0.507 e. The number of phenols is 1. The highest BCUT2D eigenvalue weighted by Gasteiger charge is 2.09. The maximum atomic E-state index is 12.3. The van der Waals surface area contributed by atoms with Crippen molar-refractivity contribution in [2.75, 3.05) is 13.9 Å². The van der Waals surface area contributed by atoms with Gasteiger partial charge in [0.2, 0.25) is 0 Å². The number of para-hydroxylation sites is 1. The Morgan fingerprint density at radius 1 is 0.931 bits per heavy atom. The van der Waals surface area contributed by atoms with E-state index >= 15 is 0 Å². The molecule has 0 aromatic heterocycles. The van der Waals surface area contributed by atoms with E-state index in [1.807, 2.05) is 36.4 Å². The predicted octanol–water partition coefficient (Wildman–Crippen LogP) is 4.85. The molecule has 0 unspecified atom stereocenters. The lowest BCUT2D eigenvalue weighted by Gasteiger charge is -2.13. The summed E-state index contributed by atoms with van der Waals surface area (Å²) < 4.78 is 16.5. The average Bonchev–Trinajstić information content (AvgIpc) is 2.76. The predicted molar refractivity (Wildman–Crippen MR) is 111 cm³/mol. The van der Waals surface area contributed by atoms with Gasteiger partial charge in [0.1, 0.15) is 12.4 Å². The Labute approximate surface area is 169 Å². The van der Waals surface area contributed by atoms with Crippen LogP contribution in [0, 0.1) is 0 Å². The molecule has 0 spiro atoms. The van der Waals surface area contributed by atoms with Crippen LogP contribution in [0.2, 0.25) is 0 Å². The minimum atomic E-state index is -0.283. The van der Waals surface area contributed by atoms with Gasteiger partial charge in [-0.15, -0.1) is 0 Å². The number of allylic oxidation sites excluding steroid dienone is 1. The van der Waals surface area contributed by atoms with Crippen LogP contribution in [-0.2, 0) is 11.3 Å². The standard InChI is InChI=1S/C24H22O5/c1-27-17-29-23-14-12-18(11-13-22(26)20-9-5-6-10-21(20)25)15-24(23)28-16-19-7-3-2-4-8-19/h2-15,25H,16-17H2,1H3/b13-11+. The van der Waals surface area contributed by atoms with Gasteiger partial charge in [-0.25, -0.2) is 0 Å². The Morgan fingerprint density at radius 2 is 1.69 bits per heavy atom. The molecule has 0 radical (unpaired) electrons. The molecule has 148 valence electrons. The first-order valence-electron chi connectivity index (χ1n) is 9.10. The monoisotopic (exact) mass is 390 g/mol. The SMILES string of the molecule is COCOc1ccc(/C=C/C(=O)c2ccccc2O)cc1OCc1ccccc1. The fraction of sp³-hybridized carbons (Fsp3) is 0.125. The number of carbonyl (C=O) groups excluding carboxylic acids is 1. The molecule has 0 saturated carbocycles. The Kier molecular flexibility index (Phi) is 7.03. The second-order valence-corrected chi connectivity index (χ2v) is 6.25. The van der Waals surface area contributed by atoms with Crippen LogP contribution in [0.3, 0.4) is 0 Å². The number of phenolic OH excluding ortho intramolecular Hbond substituents is 1. The molecule has 29 heavy (non-hydrogen) atoms. The summed E-state index contributed by atoms with van der Waals surface area (Å²) in [4.78, 5) is 12.3. The first kappa shape index (κ1) is 20.2. The molecule has 3 rings (SSSR count). The second-order valence-electron chi connectivity index (χ2n) is 6.25. The van der Waals surface area contributed by atoms with Crippen LogP contribution in [0.5, 0.6) is 17.2 Å². The van der Waals surface area contributed by atoms with Crippen molar-refractivity contribution in [3.8, 4) is 17.2 Å². The van der Waals surface area contributed by atoms with E-state index in [0.29, 0.717) is 18.1 Å². The van der Waals surface area contributed by atoms with E-state index in [0.717, 1.165) is 11.1 Å². The summed E-state index contributed by atoms with van der Waals surface area (Å²) in [6.07, 6.45) is 3.09. The first-order chi connectivity index (χ1) is 14.2. The third-order valence-corrected chi connectivity index (χ3v) is 4.13. The summed E-state index contributed by atoms with van der Waals surface area (Å²) in [5.74, 6) is 0.766. The zero-order chi connectivity index (χ0) is 20.5. The number of ketones is 1. The molecule has 0 atom stereocenters. The molecule has 0 aliphatic heterocycles. The van der Waals surface area contributed by atoms with Crippen molar-refractivity contribution in [1.29, 1.82) is 0 Å². The van der Waals surface area contributed by atoms with Crippen LogP contribution in [0.15, 0.2) is 78.9 Å². The fourth-order valence-corrected chi connectivity index (χ4v) is 2.66. The molecule has 5 heteroatoms. The number of carbonyl (C=O) groups is 1. The number of ether oxygens (including phenoxy) is 3. The Bertz CT molecular complexity index is 980. The summed E-state index contributed by atoms with van der Waals surface area (Å²) in [5, 5.41) is 9.82. The van der Waals surface area contributed by atoms with Crippen molar-refractivity contribution in [2.24, 2.45) is 0 Å². The molecule has 0 amide bonds. The molecular weight excluding hydrogens is 368 g/mol. The van der Waals surface area contributed by atoms with Crippen molar-refractivity contribution >= 4 is 11.9 Å². The first-order valence-corrected chi connectivity index (χ1v) is 9.10. The lowest BCUT2D eigenvalue weighted by Crippen LogP contribution is -2.03. The van der Waals surface area contributed by atoms with E-state index in [-0.39, 0.29) is 23.9 Å². The fourth-order valence-electron chi connectivity index (χ4n) is 2.66. The number of aromatic hydroxyl groups is 1. The van der Waals surface area contributed by atoms with E-state index in [9.17, 15) is 9.90 Å². The highest BCUT2D eigenvalue weighted by molar-refractivity contribution is 6.08. The molecule has 0 aliphatic carbocycles.